The van der Waals surface area contributed by atoms with E-state index in [0.29, 0.717) is 23.2 Å². The second-order valence-corrected chi connectivity index (χ2v) is 4.21. The molecule has 18 heavy (non-hydrogen) atoms. The molecule has 0 aromatic heterocycles. The molecule has 1 amide bonds. The molecule has 0 aliphatic carbocycles. The summed E-state index contributed by atoms with van der Waals surface area (Å²) in [5.74, 6) is -0.283. The van der Waals surface area contributed by atoms with Gasteiger partial charge in [-0.05, 0) is 31.9 Å². The number of aryl methyl sites for hydroxylation is 2. The van der Waals surface area contributed by atoms with E-state index in [-0.39, 0.29) is 11.6 Å². The van der Waals surface area contributed by atoms with Crippen molar-refractivity contribution in [1.82, 2.24) is 0 Å². The van der Waals surface area contributed by atoms with Crippen LogP contribution in [0.15, 0.2) is 12.1 Å². The van der Waals surface area contributed by atoms with Crippen molar-refractivity contribution >= 4 is 17.3 Å². The number of anilines is 1. The summed E-state index contributed by atoms with van der Waals surface area (Å²) in [6.07, 6.45) is 0.539. The van der Waals surface area contributed by atoms with Gasteiger partial charge >= 0.3 is 0 Å². The molecular formula is C12H17N3O3. The molecule has 0 heterocycles. The molecular weight excluding hydrogens is 234 g/mol. The molecule has 1 aromatic carbocycles. The monoisotopic (exact) mass is 251 g/mol. The number of nitro groups is 1. The molecule has 0 bridgehead atoms. The average Bonchev–Trinajstić information content (AvgIpc) is 2.31. The van der Waals surface area contributed by atoms with E-state index >= 15 is 0 Å². The van der Waals surface area contributed by atoms with Crippen LogP contribution in [0.4, 0.5) is 11.4 Å². The third-order valence-electron chi connectivity index (χ3n) is 2.77. The first kappa shape index (κ1) is 14.1. The molecule has 0 saturated heterocycles. The van der Waals surface area contributed by atoms with Crippen LogP contribution in [-0.4, -0.2) is 16.9 Å². The lowest BCUT2D eigenvalue weighted by atomic mass is 10.1. The van der Waals surface area contributed by atoms with Crippen molar-refractivity contribution in [3.05, 3.63) is 33.4 Å². The van der Waals surface area contributed by atoms with Crippen molar-refractivity contribution in [3.63, 3.8) is 0 Å². The van der Waals surface area contributed by atoms with Crippen molar-refractivity contribution < 1.29 is 9.72 Å². The Bertz CT molecular complexity index is 486. The van der Waals surface area contributed by atoms with E-state index in [1.807, 2.05) is 6.92 Å². The molecule has 6 heteroatoms. The minimum atomic E-state index is -0.570. The normalized spacial score (nSPS) is 12.0. The lowest BCUT2D eigenvalue weighted by molar-refractivity contribution is -0.385. The van der Waals surface area contributed by atoms with Gasteiger partial charge in [0.2, 0.25) is 5.91 Å². The van der Waals surface area contributed by atoms with Crippen LogP contribution in [0.1, 0.15) is 24.5 Å². The molecule has 6 nitrogen and oxygen atoms in total. The van der Waals surface area contributed by atoms with Gasteiger partial charge in [-0.2, -0.15) is 0 Å². The number of carbonyl (C=O) groups excluding carboxylic acids is 1. The summed E-state index contributed by atoms with van der Waals surface area (Å²) in [7, 11) is 0. The number of hydrogen-bond donors (Lipinski definition) is 2. The Hall–Kier alpha value is -1.95. The number of amides is 1. The minimum Gasteiger partial charge on any atom is -0.324 e. The smallest absolute Gasteiger partial charge is 0.272 e. The number of nitrogens with two attached hydrogens (primary N) is 1. The van der Waals surface area contributed by atoms with Gasteiger partial charge in [0, 0.05) is 17.3 Å². The second kappa shape index (κ2) is 5.59. The van der Waals surface area contributed by atoms with Gasteiger partial charge < -0.3 is 11.1 Å². The fourth-order valence-corrected chi connectivity index (χ4v) is 1.54. The maximum Gasteiger partial charge on any atom is 0.272 e. The van der Waals surface area contributed by atoms with Gasteiger partial charge in [-0.1, -0.05) is 6.92 Å². The minimum absolute atomic E-state index is 0.0466. The van der Waals surface area contributed by atoms with Crippen LogP contribution in [-0.2, 0) is 4.79 Å². The van der Waals surface area contributed by atoms with Crippen LogP contribution < -0.4 is 11.1 Å². The highest BCUT2D eigenvalue weighted by molar-refractivity contribution is 5.95. The summed E-state index contributed by atoms with van der Waals surface area (Å²) in [6.45, 7) is 5.16. The topological polar surface area (TPSA) is 98.3 Å². The third kappa shape index (κ3) is 3.04. The van der Waals surface area contributed by atoms with Crippen molar-refractivity contribution in [2.75, 3.05) is 5.32 Å². The lowest BCUT2D eigenvalue weighted by Crippen LogP contribution is -2.35. The number of hydrogen-bond acceptors (Lipinski definition) is 4. The van der Waals surface area contributed by atoms with E-state index in [4.69, 9.17) is 5.73 Å². The van der Waals surface area contributed by atoms with Crippen LogP contribution in [0, 0.1) is 24.0 Å². The molecule has 1 unspecified atom stereocenters. The Kier molecular flexibility index (Phi) is 4.38. The van der Waals surface area contributed by atoms with Gasteiger partial charge in [0.1, 0.15) is 0 Å². The van der Waals surface area contributed by atoms with E-state index in [1.165, 1.54) is 6.07 Å². The van der Waals surface area contributed by atoms with E-state index in [2.05, 4.69) is 5.32 Å². The molecule has 1 aromatic rings. The fraction of sp³-hybridized carbons (Fsp3) is 0.417. The van der Waals surface area contributed by atoms with Crippen LogP contribution in [0.3, 0.4) is 0 Å². The third-order valence-corrected chi connectivity index (χ3v) is 2.77. The van der Waals surface area contributed by atoms with Crippen LogP contribution >= 0.6 is 0 Å². The van der Waals surface area contributed by atoms with Crippen molar-refractivity contribution in [3.8, 4) is 0 Å². The number of rotatable bonds is 4. The first-order chi connectivity index (χ1) is 8.36. The quantitative estimate of drug-likeness (QED) is 0.630. The van der Waals surface area contributed by atoms with Crippen LogP contribution in [0.5, 0.6) is 0 Å². The summed E-state index contributed by atoms with van der Waals surface area (Å²) in [5, 5.41) is 13.4. The molecule has 0 radical (unpaired) electrons. The Morgan fingerprint density at radius 1 is 1.44 bits per heavy atom. The van der Waals surface area contributed by atoms with Gasteiger partial charge in [-0.25, -0.2) is 0 Å². The van der Waals surface area contributed by atoms with E-state index in [0.717, 1.165) is 0 Å². The standard InChI is InChI=1S/C12H17N3O3/c1-4-9(13)12(16)14-10-5-8(3)11(15(17)18)6-7(10)2/h5-6,9H,4,13H2,1-3H3,(H,14,16). The number of benzene rings is 1. The SMILES string of the molecule is CCC(N)C(=O)Nc1cc(C)c([N+](=O)[O-])cc1C. The van der Waals surface area contributed by atoms with Crippen LogP contribution in [0.25, 0.3) is 0 Å². The first-order valence-corrected chi connectivity index (χ1v) is 5.68. The molecule has 0 aliphatic heterocycles. The maximum absolute atomic E-state index is 11.7. The highest BCUT2D eigenvalue weighted by Crippen LogP contribution is 2.25. The predicted octanol–water partition coefficient (Wildman–Crippen LogP) is 1.89. The fourth-order valence-electron chi connectivity index (χ4n) is 1.54. The van der Waals surface area contributed by atoms with Gasteiger partial charge in [-0.3, -0.25) is 14.9 Å². The maximum atomic E-state index is 11.7. The van der Waals surface area contributed by atoms with Crippen LogP contribution in [0.2, 0.25) is 0 Å². The van der Waals surface area contributed by atoms with Gasteiger partial charge in [0.05, 0.1) is 11.0 Å². The number of nitrogens with zero attached hydrogens (tertiary/aromatic N) is 1. The Morgan fingerprint density at radius 2 is 2.06 bits per heavy atom. The van der Waals surface area contributed by atoms with Crippen molar-refractivity contribution in [2.24, 2.45) is 5.73 Å². The molecule has 0 saturated carbocycles. The summed E-state index contributed by atoms with van der Waals surface area (Å²) in [6, 6.07) is 2.47. The molecule has 0 spiro atoms. The summed E-state index contributed by atoms with van der Waals surface area (Å²) in [4.78, 5) is 22.0. The molecule has 1 atom stereocenters. The number of nitro benzene ring substituents is 1. The predicted molar refractivity (Wildman–Crippen MR) is 69.5 cm³/mol. The second-order valence-electron chi connectivity index (χ2n) is 4.21. The van der Waals surface area contributed by atoms with E-state index in [1.54, 1.807) is 19.9 Å². The zero-order valence-electron chi connectivity index (χ0n) is 10.7. The molecule has 3 N–H and O–H groups in total. The van der Waals surface area contributed by atoms with Crippen molar-refractivity contribution in [2.45, 2.75) is 33.2 Å². The highest BCUT2D eigenvalue weighted by atomic mass is 16.6. The van der Waals surface area contributed by atoms with E-state index < -0.39 is 11.0 Å². The lowest BCUT2D eigenvalue weighted by Gasteiger charge is -2.12. The first-order valence-electron chi connectivity index (χ1n) is 5.68. The highest BCUT2D eigenvalue weighted by Gasteiger charge is 2.16. The average molecular weight is 251 g/mol. The molecule has 1 rings (SSSR count). The number of carbonyl (C=O) groups is 1. The molecule has 0 fully saturated rings. The van der Waals surface area contributed by atoms with Crippen molar-refractivity contribution in [1.29, 1.82) is 0 Å². The molecule has 98 valence electrons. The summed E-state index contributed by atoms with van der Waals surface area (Å²) in [5.41, 5.74) is 7.37. The summed E-state index contributed by atoms with van der Waals surface area (Å²) >= 11 is 0. The Balaban J connectivity index is 3.02. The number of nitrogens with one attached hydrogen (secondary N) is 1. The van der Waals surface area contributed by atoms with Gasteiger partial charge in [-0.15, -0.1) is 0 Å². The van der Waals surface area contributed by atoms with Gasteiger partial charge in [0.15, 0.2) is 0 Å². The zero-order valence-corrected chi connectivity index (χ0v) is 10.7. The van der Waals surface area contributed by atoms with Gasteiger partial charge in [0.25, 0.3) is 5.69 Å². The Labute approximate surface area is 105 Å². The zero-order chi connectivity index (χ0) is 13.9. The largest absolute Gasteiger partial charge is 0.324 e. The van der Waals surface area contributed by atoms with E-state index in [9.17, 15) is 14.9 Å². The molecule has 0 aliphatic rings. The Morgan fingerprint density at radius 3 is 2.56 bits per heavy atom. The summed E-state index contributed by atoms with van der Waals surface area (Å²) < 4.78 is 0.